The summed E-state index contributed by atoms with van der Waals surface area (Å²) in [4.78, 5) is 12.2. The number of hydrogen-bond acceptors (Lipinski definition) is 1. The molecular formula is C17H12OY-2. The molecule has 1 nitrogen and oxygen atoms in total. The molecular weight excluding hydrogens is 309 g/mol. The standard InChI is InChI=1S/C17H12O.Y/c1-12-6-2-5-9-15(12)16-10-13-7-3-4-8-14(13)11-17(16)18;/h2-9H,1,11H2;/q-2;. The summed E-state index contributed by atoms with van der Waals surface area (Å²) in [6.07, 6.45) is 3.68. The molecule has 3 rings (SSSR count). The molecule has 19 heavy (non-hydrogen) atoms. The van der Waals surface area contributed by atoms with Crippen LogP contribution >= 0.6 is 0 Å². The Morgan fingerprint density at radius 2 is 1.68 bits per heavy atom. The molecule has 2 aromatic carbocycles. The Hall–Kier alpha value is -1.18. The molecule has 0 atom stereocenters. The van der Waals surface area contributed by atoms with Gasteiger partial charge in [0, 0.05) is 32.7 Å². The number of ketones is 1. The Morgan fingerprint density at radius 3 is 2.47 bits per heavy atom. The van der Waals surface area contributed by atoms with Gasteiger partial charge in [0.05, 0.1) is 5.78 Å². The minimum atomic E-state index is 0. The van der Waals surface area contributed by atoms with Gasteiger partial charge in [-0.1, -0.05) is 41.5 Å². The number of hydrogen-bond donors (Lipinski definition) is 0. The van der Waals surface area contributed by atoms with Crippen LogP contribution in [0.1, 0.15) is 22.3 Å². The number of rotatable bonds is 1. The number of Topliss-reactive ketones (excluding diaryl/α,β-unsaturated/α-hetero) is 1. The Bertz CT molecular complexity index is 656. The van der Waals surface area contributed by atoms with Crippen LogP contribution in [0.3, 0.4) is 0 Å². The van der Waals surface area contributed by atoms with Crippen LogP contribution in [0.4, 0.5) is 0 Å². The van der Waals surface area contributed by atoms with E-state index in [1.807, 2.05) is 48.5 Å². The van der Waals surface area contributed by atoms with Crippen molar-refractivity contribution in [2.24, 2.45) is 0 Å². The van der Waals surface area contributed by atoms with Crippen molar-refractivity contribution in [3.8, 4) is 0 Å². The van der Waals surface area contributed by atoms with E-state index < -0.39 is 0 Å². The Morgan fingerprint density at radius 1 is 1.00 bits per heavy atom. The summed E-state index contributed by atoms with van der Waals surface area (Å²) in [5, 5.41) is 0. The fourth-order valence-electron chi connectivity index (χ4n) is 2.24. The van der Waals surface area contributed by atoms with Crippen molar-refractivity contribution < 1.29 is 37.5 Å². The van der Waals surface area contributed by atoms with Gasteiger partial charge in [-0.25, -0.2) is 0 Å². The summed E-state index contributed by atoms with van der Waals surface area (Å²) >= 11 is 0. The maximum Gasteiger partial charge on any atom is 0.0937 e. The van der Waals surface area contributed by atoms with E-state index in [9.17, 15) is 4.79 Å². The molecule has 0 aromatic heterocycles. The topological polar surface area (TPSA) is 17.1 Å². The van der Waals surface area contributed by atoms with Crippen molar-refractivity contribution in [3.05, 3.63) is 83.8 Å². The number of allylic oxidation sites excluding steroid dienone is 1. The van der Waals surface area contributed by atoms with Gasteiger partial charge >= 0.3 is 0 Å². The van der Waals surface area contributed by atoms with Gasteiger partial charge in [0.1, 0.15) is 0 Å². The van der Waals surface area contributed by atoms with Gasteiger partial charge in [-0.15, -0.1) is 29.3 Å². The van der Waals surface area contributed by atoms with E-state index in [2.05, 4.69) is 13.0 Å². The molecule has 0 heterocycles. The average Bonchev–Trinajstić information content (AvgIpc) is 2.39. The van der Waals surface area contributed by atoms with Gasteiger partial charge in [0.2, 0.25) is 0 Å². The van der Waals surface area contributed by atoms with E-state index in [1.54, 1.807) is 0 Å². The second kappa shape index (κ2) is 5.85. The first-order chi connectivity index (χ1) is 8.75. The smallest absolute Gasteiger partial charge is 0.0937 e. The Balaban J connectivity index is 0.00000133. The summed E-state index contributed by atoms with van der Waals surface area (Å²) in [6.45, 7) is 3.97. The molecule has 2 aromatic rings. The normalized spacial score (nSPS) is 13.3. The van der Waals surface area contributed by atoms with Gasteiger partial charge in [0.15, 0.2) is 0 Å². The predicted octanol–water partition coefficient (Wildman–Crippen LogP) is 3.23. The van der Waals surface area contributed by atoms with Gasteiger partial charge in [-0.3, -0.25) is 0 Å². The van der Waals surface area contributed by atoms with E-state index in [4.69, 9.17) is 0 Å². The first-order valence-corrected chi connectivity index (χ1v) is 5.92. The molecule has 0 saturated carbocycles. The second-order valence-electron chi connectivity index (χ2n) is 4.41. The molecule has 0 aliphatic heterocycles. The molecule has 1 radical (unpaired) electrons. The molecule has 0 saturated heterocycles. The maximum atomic E-state index is 12.2. The van der Waals surface area contributed by atoms with Crippen molar-refractivity contribution in [3.63, 3.8) is 0 Å². The van der Waals surface area contributed by atoms with Gasteiger partial charge in [0.25, 0.3) is 0 Å². The van der Waals surface area contributed by atoms with E-state index >= 15 is 0 Å². The van der Waals surface area contributed by atoms with E-state index in [0.29, 0.717) is 12.0 Å². The molecule has 0 spiro atoms. The summed E-state index contributed by atoms with van der Waals surface area (Å²) in [7, 11) is 0. The summed E-state index contributed by atoms with van der Waals surface area (Å²) in [6, 6.07) is 15.6. The largest absolute Gasteiger partial charge is 0.341 e. The van der Waals surface area contributed by atoms with Crippen molar-refractivity contribution in [2.75, 3.05) is 0 Å². The zero-order chi connectivity index (χ0) is 12.5. The van der Waals surface area contributed by atoms with Crippen LogP contribution in [-0.2, 0) is 43.9 Å². The van der Waals surface area contributed by atoms with Crippen molar-refractivity contribution in [2.45, 2.75) is 6.42 Å². The zero-order valence-electron chi connectivity index (χ0n) is 10.5. The van der Waals surface area contributed by atoms with Crippen molar-refractivity contribution >= 4 is 11.4 Å². The zero-order valence-corrected chi connectivity index (χ0v) is 13.4. The second-order valence-corrected chi connectivity index (χ2v) is 4.41. The number of benzene rings is 2. The third kappa shape index (κ3) is 2.73. The van der Waals surface area contributed by atoms with Gasteiger partial charge in [-0.2, -0.15) is 18.6 Å². The van der Waals surface area contributed by atoms with Crippen LogP contribution in [0.25, 0.3) is 5.57 Å². The molecule has 2 heteroatoms. The van der Waals surface area contributed by atoms with Gasteiger partial charge in [-0.05, 0) is 6.42 Å². The Labute approximate surface area is 138 Å². The van der Waals surface area contributed by atoms with Crippen LogP contribution in [0.5, 0.6) is 0 Å². The first kappa shape index (κ1) is 14.2. The van der Waals surface area contributed by atoms with E-state index in [0.717, 1.165) is 22.3 Å². The van der Waals surface area contributed by atoms with Crippen molar-refractivity contribution in [1.29, 1.82) is 0 Å². The van der Waals surface area contributed by atoms with Gasteiger partial charge < -0.3 is 4.79 Å². The molecule has 0 unspecified atom stereocenters. The number of carbonyl (C=O) groups excluding carboxylic acids is 1. The SMILES string of the molecule is [CH2-]c1ccccc1C1=[C-]c2ccccc2CC1=O.[Y]. The molecule has 1 aliphatic rings. The molecule has 91 valence electrons. The average molecular weight is 321 g/mol. The predicted molar refractivity (Wildman–Crippen MR) is 71.8 cm³/mol. The molecule has 1 aliphatic carbocycles. The fraction of sp³-hybridized carbons (Fsp3) is 0.0588. The van der Waals surface area contributed by atoms with Crippen LogP contribution in [0.2, 0.25) is 0 Å². The van der Waals surface area contributed by atoms with Crippen LogP contribution in [-0.4, -0.2) is 5.78 Å². The Kier molecular flexibility index (Phi) is 4.39. The minimum Gasteiger partial charge on any atom is -0.341 e. The number of carbonyl (C=O) groups is 1. The molecule has 0 N–H and O–H groups in total. The summed E-state index contributed by atoms with van der Waals surface area (Å²) < 4.78 is 0. The molecule has 0 fully saturated rings. The maximum absolute atomic E-state index is 12.2. The van der Waals surface area contributed by atoms with E-state index in [-0.39, 0.29) is 38.5 Å². The first-order valence-electron chi connectivity index (χ1n) is 5.92. The number of fused-ring (bicyclic) bond motifs is 1. The van der Waals surface area contributed by atoms with Crippen molar-refractivity contribution in [1.82, 2.24) is 0 Å². The molecule has 0 amide bonds. The third-order valence-electron chi connectivity index (χ3n) is 3.19. The summed E-state index contributed by atoms with van der Waals surface area (Å²) in [5.74, 6) is 0.116. The fourth-order valence-corrected chi connectivity index (χ4v) is 2.24. The van der Waals surface area contributed by atoms with Crippen LogP contribution < -0.4 is 0 Å². The van der Waals surface area contributed by atoms with Crippen LogP contribution in [0.15, 0.2) is 48.5 Å². The monoisotopic (exact) mass is 321 g/mol. The van der Waals surface area contributed by atoms with E-state index in [1.165, 1.54) is 0 Å². The summed E-state index contributed by atoms with van der Waals surface area (Å²) in [5.41, 5.74) is 4.46. The minimum absolute atomic E-state index is 0. The van der Waals surface area contributed by atoms with Crippen LogP contribution in [0, 0.1) is 13.0 Å². The third-order valence-corrected chi connectivity index (χ3v) is 3.19. The quantitative estimate of drug-likeness (QED) is 0.737. The molecule has 0 bridgehead atoms.